The summed E-state index contributed by atoms with van der Waals surface area (Å²) in [5, 5.41) is 6.02. The lowest BCUT2D eigenvalue weighted by Crippen LogP contribution is -2.29. The molecule has 18 heavy (non-hydrogen) atoms. The van der Waals surface area contributed by atoms with Crippen LogP contribution in [0.5, 0.6) is 5.75 Å². The van der Waals surface area contributed by atoms with Gasteiger partial charge in [-0.05, 0) is 24.1 Å². The number of ether oxygens (including phenoxy) is 1. The molecule has 0 heterocycles. The van der Waals surface area contributed by atoms with E-state index in [1.165, 1.54) is 12.5 Å². The highest BCUT2D eigenvalue weighted by Gasteiger charge is 1.97. The summed E-state index contributed by atoms with van der Waals surface area (Å²) in [4.78, 5) is 10.7. The first-order chi connectivity index (χ1) is 8.72. The van der Waals surface area contributed by atoms with E-state index >= 15 is 0 Å². The molecule has 2 N–H and O–H groups in total. The summed E-state index contributed by atoms with van der Waals surface area (Å²) in [5.74, 6) is 0.921. The van der Waals surface area contributed by atoms with Crippen molar-refractivity contribution in [3.8, 4) is 5.75 Å². The molecule has 0 saturated carbocycles. The maximum atomic E-state index is 10.7. The van der Waals surface area contributed by atoms with Crippen LogP contribution in [-0.4, -0.2) is 25.6 Å². The Bertz CT molecular complexity index is 367. The van der Waals surface area contributed by atoms with E-state index in [2.05, 4.69) is 23.6 Å². The van der Waals surface area contributed by atoms with Crippen LogP contribution in [0.3, 0.4) is 0 Å². The van der Waals surface area contributed by atoms with Crippen molar-refractivity contribution in [1.29, 1.82) is 0 Å². The summed E-state index contributed by atoms with van der Waals surface area (Å²) < 4.78 is 5.57. The molecule has 1 amide bonds. The maximum Gasteiger partial charge on any atom is 0.216 e. The normalized spacial score (nSPS) is 10.1. The lowest BCUT2D eigenvalue weighted by molar-refractivity contribution is -0.118. The van der Waals surface area contributed by atoms with Crippen LogP contribution >= 0.6 is 0 Å². The van der Waals surface area contributed by atoms with E-state index in [1.54, 1.807) is 0 Å². The van der Waals surface area contributed by atoms with Crippen molar-refractivity contribution in [3.63, 3.8) is 0 Å². The first-order valence-electron chi connectivity index (χ1n) is 6.39. The van der Waals surface area contributed by atoms with Crippen LogP contribution in [0, 0.1) is 0 Å². The molecular weight excluding hydrogens is 228 g/mol. The van der Waals surface area contributed by atoms with Crippen molar-refractivity contribution in [2.75, 3.05) is 19.7 Å². The number of hydrogen-bond acceptors (Lipinski definition) is 3. The van der Waals surface area contributed by atoms with Gasteiger partial charge in [-0.25, -0.2) is 0 Å². The molecule has 1 rings (SSSR count). The van der Waals surface area contributed by atoms with Crippen molar-refractivity contribution in [3.05, 3.63) is 29.8 Å². The molecular formula is C14H22N2O2. The second-order valence-electron chi connectivity index (χ2n) is 4.16. The summed E-state index contributed by atoms with van der Waals surface area (Å²) >= 11 is 0. The zero-order valence-electron chi connectivity index (χ0n) is 11.2. The van der Waals surface area contributed by atoms with Crippen molar-refractivity contribution in [1.82, 2.24) is 10.6 Å². The third kappa shape index (κ3) is 6.25. The Labute approximate surface area is 109 Å². The lowest BCUT2D eigenvalue weighted by atomic mass is 10.2. The summed E-state index contributed by atoms with van der Waals surface area (Å²) in [6.45, 7) is 6.56. The van der Waals surface area contributed by atoms with Gasteiger partial charge in [0.2, 0.25) is 5.91 Å². The highest BCUT2D eigenvalue weighted by Crippen LogP contribution is 2.13. The van der Waals surface area contributed by atoms with Crippen LogP contribution in [0.1, 0.15) is 25.8 Å². The molecule has 0 bridgehead atoms. The van der Waals surface area contributed by atoms with Crippen LogP contribution in [0.15, 0.2) is 24.3 Å². The summed E-state index contributed by atoms with van der Waals surface area (Å²) in [6, 6.07) is 8.07. The molecule has 0 aliphatic rings. The molecule has 0 spiro atoms. The van der Waals surface area contributed by atoms with Gasteiger partial charge in [-0.1, -0.05) is 19.1 Å². The molecule has 1 aromatic carbocycles. The van der Waals surface area contributed by atoms with E-state index < -0.39 is 0 Å². The van der Waals surface area contributed by atoms with Crippen LogP contribution < -0.4 is 15.4 Å². The molecule has 0 saturated heterocycles. The Balaban J connectivity index is 2.26. The molecule has 0 fully saturated rings. The van der Waals surface area contributed by atoms with Crippen LogP contribution in [0.2, 0.25) is 0 Å². The smallest absolute Gasteiger partial charge is 0.216 e. The van der Waals surface area contributed by atoms with Crippen molar-refractivity contribution >= 4 is 5.91 Å². The first-order valence-corrected chi connectivity index (χ1v) is 6.39. The molecule has 1 aromatic rings. The van der Waals surface area contributed by atoms with E-state index in [0.29, 0.717) is 6.54 Å². The predicted octanol–water partition coefficient (Wildman–Crippen LogP) is 1.70. The minimum Gasteiger partial charge on any atom is -0.494 e. The van der Waals surface area contributed by atoms with Gasteiger partial charge >= 0.3 is 0 Å². The summed E-state index contributed by atoms with van der Waals surface area (Å²) in [6.07, 6.45) is 1.01. The van der Waals surface area contributed by atoms with Crippen molar-refractivity contribution in [2.45, 2.75) is 26.8 Å². The maximum absolute atomic E-state index is 10.7. The molecule has 0 atom stereocenters. The predicted molar refractivity (Wildman–Crippen MR) is 72.6 cm³/mol. The van der Waals surface area contributed by atoms with Gasteiger partial charge in [-0.2, -0.15) is 0 Å². The quantitative estimate of drug-likeness (QED) is 0.690. The third-order valence-corrected chi connectivity index (χ3v) is 2.38. The van der Waals surface area contributed by atoms with Gasteiger partial charge in [0.1, 0.15) is 5.75 Å². The number of amides is 1. The molecule has 0 radical (unpaired) electrons. The summed E-state index contributed by atoms with van der Waals surface area (Å²) in [5.41, 5.74) is 1.19. The van der Waals surface area contributed by atoms with Gasteiger partial charge < -0.3 is 15.4 Å². The average molecular weight is 250 g/mol. The van der Waals surface area contributed by atoms with Crippen LogP contribution in [0.4, 0.5) is 0 Å². The lowest BCUT2D eigenvalue weighted by Gasteiger charge is -2.08. The Morgan fingerprint density at radius 3 is 2.89 bits per heavy atom. The SMILES string of the molecule is CCCOc1cccc(CNCCNC(C)=O)c1. The number of benzene rings is 1. The molecule has 4 nitrogen and oxygen atoms in total. The van der Waals surface area contributed by atoms with Crippen molar-refractivity contribution < 1.29 is 9.53 Å². The molecule has 0 unspecified atom stereocenters. The second kappa shape index (κ2) is 8.53. The van der Waals surface area contributed by atoms with E-state index in [9.17, 15) is 4.79 Å². The Morgan fingerprint density at radius 2 is 2.17 bits per heavy atom. The largest absolute Gasteiger partial charge is 0.494 e. The minimum atomic E-state index is 0.00626. The highest BCUT2D eigenvalue weighted by molar-refractivity contribution is 5.72. The van der Waals surface area contributed by atoms with E-state index in [-0.39, 0.29) is 5.91 Å². The number of carbonyl (C=O) groups excluding carboxylic acids is 1. The monoisotopic (exact) mass is 250 g/mol. The third-order valence-electron chi connectivity index (χ3n) is 2.38. The summed E-state index contributed by atoms with van der Waals surface area (Å²) in [7, 11) is 0. The fourth-order valence-corrected chi connectivity index (χ4v) is 1.52. The fourth-order valence-electron chi connectivity index (χ4n) is 1.52. The van der Waals surface area contributed by atoms with Gasteiger partial charge in [0, 0.05) is 26.6 Å². The minimum absolute atomic E-state index is 0.00626. The number of nitrogens with one attached hydrogen (secondary N) is 2. The molecule has 0 aliphatic heterocycles. The van der Waals surface area contributed by atoms with Crippen LogP contribution in [-0.2, 0) is 11.3 Å². The molecule has 0 aliphatic carbocycles. The Hall–Kier alpha value is -1.55. The van der Waals surface area contributed by atoms with E-state index in [0.717, 1.165) is 31.9 Å². The van der Waals surface area contributed by atoms with E-state index in [4.69, 9.17) is 4.74 Å². The topological polar surface area (TPSA) is 50.4 Å². The van der Waals surface area contributed by atoms with Gasteiger partial charge in [0.15, 0.2) is 0 Å². The second-order valence-corrected chi connectivity index (χ2v) is 4.16. The molecule has 100 valence electrons. The number of hydrogen-bond donors (Lipinski definition) is 2. The van der Waals surface area contributed by atoms with Crippen LogP contribution in [0.25, 0.3) is 0 Å². The zero-order valence-corrected chi connectivity index (χ0v) is 11.2. The van der Waals surface area contributed by atoms with Gasteiger partial charge in [-0.15, -0.1) is 0 Å². The fraction of sp³-hybridized carbons (Fsp3) is 0.500. The molecule has 0 aromatic heterocycles. The van der Waals surface area contributed by atoms with E-state index in [1.807, 2.05) is 18.2 Å². The van der Waals surface area contributed by atoms with Crippen molar-refractivity contribution in [2.24, 2.45) is 0 Å². The first kappa shape index (κ1) is 14.5. The zero-order chi connectivity index (χ0) is 13.2. The molecule has 4 heteroatoms. The van der Waals surface area contributed by atoms with Gasteiger partial charge in [-0.3, -0.25) is 4.79 Å². The average Bonchev–Trinajstić information content (AvgIpc) is 2.36. The number of carbonyl (C=O) groups is 1. The van der Waals surface area contributed by atoms with Gasteiger partial charge in [0.25, 0.3) is 0 Å². The van der Waals surface area contributed by atoms with Gasteiger partial charge in [0.05, 0.1) is 6.61 Å². The standard InChI is InChI=1S/C14H22N2O2/c1-3-9-18-14-6-4-5-13(10-14)11-15-7-8-16-12(2)17/h4-6,10,15H,3,7-9,11H2,1-2H3,(H,16,17). The number of rotatable bonds is 8. The Morgan fingerprint density at radius 1 is 1.33 bits per heavy atom. The highest BCUT2D eigenvalue weighted by atomic mass is 16.5. The Kier molecular flexibility index (Phi) is 6.87.